The first-order valence-corrected chi connectivity index (χ1v) is 7.24. The minimum Gasteiger partial charge on any atom is -0.314 e. The summed E-state index contributed by atoms with van der Waals surface area (Å²) in [5, 5.41) is 3.20. The van der Waals surface area contributed by atoms with Crippen molar-refractivity contribution < 1.29 is 8.42 Å². The van der Waals surface area contributed by atoms with Crippen molar-refractivity contribution in [3.63, 3.8) is 0 Å². The second-order valence-electron chi connectivity index (χ2n) is 4.66. The Hall–Kier alpha value is -0.130. The molecule has 1 heterocycles. The molecule has 0 aromatic carbocycles. The van der Waals surface area contributed by atoms with Gasteiger partial charge in [-0.15, -0.1) is 0 Å². The molecule has 1 rings (SSSR count). The lowest BCUT2D eigenvalue weighted by Gasteiger charge is -2.33. The van der Waals surface area contributed by atoms with E-state index in [1.807, 2.05) is 6.92 Å². The SMILES string of the molecule is CC(C)CCS(=O)(=O)N1CCNC[C@H]1C. The number of nitrogens with zero attached hydrogens (tertiary/aromatic N) is 1. The molecule has 1 atom stereocenters. The van der Waals surface area contributed by atoms with Crippen LogP contribution in [0.4, 0.5) is 0 Å². The van der Waals surface area contributed by atoms with Crippen molar-refractivity contribution in [2.45, 2.75) is 33.2 Å². The maximum atomic E-state index is 12.0. The van der Waals surface area contributed by atoms with E-state index in [4.69, 9.17) is 0 Å². The fraction of sp³-hybridized carbons (Fsp3) is 1.00. The van der Waals surface area contributed by atoms with Crippen molar-refractivity contribution >= 4 is 10.0 Å². The standard InChI is InChI=1S/C10H22N2O2S/c1-9(2)4-7-15(13,14)12-6-5-11-8-10(12)3/h9-11H,4-8H2,1-3H3/t10-/m1/s1. The molecule has 0 aromatic rings. The average Bonchev–Trinajstić information content (AvgIpc) is 2.15. The van der Waals surface area contributed by atoms with Crippen molar-refractivity contribution in [2.75, 3.05) is 25.4 Å². The highest BCUT2D eigenvalue weighted by atomic mass is 32.2. The van der Waals surface area contributed by atoms with Gasteiger partial charge in [0.2, 0.25) is 10.0 Å². The van der Waals surface area contributed by atoms with E-state index in [1.165, 1.54) is 0 Å². The maximum Gasteiger partial charge on any atom is 0.214 e. The van der Waals surface area contributed by atoms with Crippen LogP contribution < -0.4 is 5.32 Å². The van der Waals surface area contributed by atoms with E-state index < -0.39 is 10.0 Å². The van der Waals surface area contributed by atoms with E-state index in [-0.39, 0.29) is 11.8 Å². The first kappa shape index (κ1) is 12.9. The molecule has 1 fully saturated rings. The van der Waals surface area contributed by atoms with Crippen LogP contribution in [-0.2, 0) is 10.0 Å². The topological polar surface area (TPSA) is 49.4 Å². The zero-order valence-corrected chi connectivity index (χ0v) is 10.7. The van der Waals surface area contributed by atoms with E-state index in [2.05, 4.69) is 19.2 Å². The monoisotopic (exact) mass is 234 g/mol. The molecule has 0 spiro atoms. The Bertz CT molecular complexity index is 288. The zero-order chi connectivity index (χ0) is 11.5. The van der Waals surface area contributed by atoms with Gasteiger partial charge >= 0.3 is 0 Å². The van der Waals surface area contributed by atoms with Crippen LogP contribution in [0, 0.1) is 5.92 Å². The van der Waals surface area contributed by atoms with Crippen molar-refractivity contribution in [1.82, 2.24) is 9.62 Å². The van der Waals surface area contributed by atoms with Crippen LogP contribution in [0.1, 0.15) is 27.2 Å². The maximum absolute atomic E-state index is 12.0. The Kier molecular flexibility index (Phi) is 4.55. The molecule has 5 heteroatoms. The first-order chi connectivity index (χ1) is 6.93. The Morgan fingerprint density at radius 3 is 2.67 bits per heavy atom. The number of nitrogens with one attached hydrogen (secondary N) is 1. The first-order valence-electron chi connectivity index (χ1n) is 5.63. The summed E-state index contributed by atoms with van der Waals surface area (Å²) in [6.07, 6.45) is 0.749. The Morgan fingerprint density at radius 2 is 2.13 bits per heavy atom. The van der Waals surface area contributed by atoms with Gasteiger partial charge in [-0.1, -0.05) is 13.8 Å². The summed E-state index contributed by atoms with van der Waals surface area (Å²) in [6.45, 7) is 8.21. The van der Waals surface area contributed by atoms with Crippen molar-refractivity contribution in [1.29, 1.82) is 0 Å². The average molecular weight is 234 g/mol. The summed E-state index contributed by atoms with van der Waals surface area (Å²) >= 11 is 0. The molecule has 0 bridgehead atoms. The van der Waals surface area contributed by atoms with E-state index in [0.29, 0.717) is 12.5 Å². The molecule has 0 amide bonds. The van der Waals surface area contributed by atoms with Gasteiger partial charge in [0.05, 0.1) is 5.75 Å². The van der Waals surface area contributed by atoms with Gasteiger partial charge in [-0.05, 0) is 19.3 Å². The minimum atomic E-state index is -3.03. The number of rotatable bonds is 4. The number of hydrogen-bond donors (Lipinski definition) is 1. The van der Waals surface area contributed by atoms with Crippen LogP contribution in [0.2, 0.25) is 0 Å². The highest BCUT2D eigenvalue weighted by Crippen LogP contribution is 2.13. The van der Waals surface area contributed by atoms with Crippen LogP contribution in [0.25, 0.3) is 0 Å². The third-order valence-electron chi connectivity index (χ3n) is 2.75. The summed E-state index contributed by atoms with van der Waals surface area (Å²) in [4.78, 5) is 0. The summed E-state index contributed by atoms with van der Waals surface area (Å²) in [6, 6.07) is 0.0934. The molecule has 1 aliphatic rings. The highest BCUT2D eigenvalue weighted by molar-refractivity contribution is 7.89. The zero-order valence-electron chi connectivity index (χ0n) is 9.86. The molecule has 0 aromatic heterocycles. The minimum absolute atomic E-state index is 0.0934. The molecular formula is C10H22N2O2S. The summed E-state index contributed by atoms with van der Waals surface area (Å²) in [7, 11) is -3.03. The largest absolute Gasteiger partial charge is 0.314 e. The fourth-order valence-corrected chi connectivity index (χ4v) is 3.73. The summed E-state index contributed by atoms with van der Waals surface area (Å²) < 4.78 is 25.6. The van der Waals surface area contributed by atoms with Crippen molar-refractivity contribution in [2.24, 2.45) is 5.92 Å². The van der Waals surface area contributed by atoms with E-state index >= 15 is 0 Å². The Balaban J connectivity index is 2.59. The number of piperazine rings is 1. The lowest BCUT2D eigenvalue weighted by Crippen LogP contribution is -2.52. The predicted molar refractivity (Wildman–Crippen MR) is 62.3 cm³/mol. The van der Waals surface area contributed by atoms with Gasteiger partial charge < -0.3 is 5.32 Å². The fourth-order valence-electron chi connectivity index (χ4n) is 1.74. The van der Waals surface area contributed by atoms with E-state index in [0.717, 1.165) is 19.5 Å². The molecule has 1 saturated heterocycles. The molecule has 1 aliphatic heterocycles. The number of sulfonamides is 1. The van der Waals surface area contributed by atoms with Gasteiger partial charge in [-0.25, -0.2) is 8.42 Å². The molecule has 15 heavy (non-hydrogen) atoms. The third-order valence-corrected chi connectivity index (χ3v) is 4.76. The van der Waals surface area contributed by atoms with Gasteiger partial charge in [0, 0.05) is 25.7 Å². The highest BCUT2D eigenvalue weighted by Gasteiger charge is 2.28. The van der Waals surface area contributed by atoms with Crippen molar-refractivity contribution in [3.8, 4) is 0 Å². The summed E-state index contributed by atoms with van der Waals surface area (Å²) in [5.74, 6) is 0.729. The lowest BCUT2D eigenvalue weighted by atomic mass is 10.2. The lowest BCUT2D eigenvalue weighted by molar-refractivity contribution is 0.283. The van der Waals surface area contributed by atoms with Gasteiger partial charge in [-0.2, -0.15) is 4.31 Å². The van der Waals surface area contributed by atoms with E-state index in [1.54, 1.807) is 4.31 Å². The third kappa shape index (κ3) is 3.74. The van der Waals surface area contributed by atoms with E-state index in [9.17, 15) is 8.42 Å². The van der Waals surface area contributed by atoms with Crippen LogP contribution >= 0.6 is 0 Å². The molecule has 0 unspecified atom stereocenters. The molecule has 0 saturated carbocycles. The molecule has 0 radical (unpaired) electrons. The molecular weight excluding hydrogens is 212 g/mol. The molecule has 90 valence electrons. The smallest absolute Gasteiger partial charge is 0.214 e. The van der Waals surface area contributed by atoms with Crippen LogP contribution in [0.15, 0.2) is 0 Å². The quantitative estimate of drug-likeness (QED) is 0.777. The number of hydrogen-bond acceptors (Lipinski definition) is 3. The van der Waals surface area contributed by atoms with Crippen LogP contribution in [-0.4, -0.2) is 44.2 Å². The van der Waals surface area contributed by atoms with Crippen LogP contribution in [0.5, 0.6) is 0 Å². The van der Waals surface area contributed by atoms with Gasteiger partial charge in [0.15, 0.2) is 0 Å². The normalized spacial score (nSPS) is 24.7. The van der Waals surface area contributed by atoms with Gasteiger partial charge in [-0.3, -0.25) is 0 Å². The second kappa shape index (κ2) is 5.27. The van der Waals surface area contributed by atoms with Gasteiger partial charge in [0.1, 0.15) is 0 Å². The summed E-state index contributed by atoms with van der Waals surface area (Å²) in [5.41, 5.74) is 0. The molecule has 4 nitrogen and oxygen atoms in total. The molecule has 1 N–H and O–H groups in total. The second-order valence-corrected chi connectivity index (χ2v) is 6.70. The van der Waals surface area contributed by atoms with Crippen LogP contribution in [0.3, 0.4) is 0 Å². The van der Waals surface area contributed by atoms with Gasteiger partial charge in [0.25, 0.3) is 0 Å². The van der Waals surface area contributed by atoms with Crippen molar-refractivity contribution in [3.05, 3.63) is 0 Å². The molecule has 0 aliphatic carbocycles. The predicted octanol–water partition coefficient (Wildman–Crippen LogP) is 0.656. The Labute approximate surface area is 93.1 Å². The Morgan fingerprint density at radius 1 is 1.47 bits per heavy atom.